The Labute approximate surface area is 109 Å². The van der Waals surface area contributed by atoms with Crippen LogP contribution in [0.2, 0.25) is 0 Å². The molecule has 0 aromatic carbocycles. The van der Waals surface area contributed by atoms with Crippen LogP contribution in [0.3, 0.4) is 0 Å². The summed E-state index contributed by atoms with van der Waals surface area (Å²) in [6.45, 7) is 5.26. The normalized spacial score (nSPS) is 13.2. The molecular formula is C15H34N2. The Morgan fingerprint density at radius 3 is 1.53 bits per heavy atom. The highest BCUT2D eigenvalue weighted by Gasteiger charge is 1.98. The van der Waals surface area contributed by atoms with Gasteiger partial charge in [0.2, 0.25) is 0 Å². The van der Waals surface area contributed by atoms with Gasteiger partial charge in [0.25, 0.3) is 0 Å². The molecule has 2 heteroatoms. The third-order valence-corrected chi connectivity index (χ3v) is 3.41. The van der Waals surface area contributed by atoms with Gasteiger partial charge in [0.05, 0.1) is 0 Å². The van der Waals surface area contributed by atoms with E-state index in [2.05, 4.69) is 13.8 Å². The Balaban J connectivity index is 2.99. The highest BCUT2D eigenvalue weighted by Crippen LogP contribution is 2.13. The van der Waals surface area contributed by atoms with Crippen molar-refractivity contribution in [1.29, 1.82) is 0 Å². The van der Waals surface area contributed by atoms with Crippen molar-refractivity contribution >= 4 is 0 Å². The van der Waals surface area contributed by atoms with Gasteiger partial charge in [-0.25, -0.2) is 0 Å². The lowest BCUT2D eigenvalue weighted by atomic mass is 10.0. The first-order chi connectivity index (χ1) is 8.16. The zero-order chi connectivity index (χ0) is 12.9. The van der Waals surface area contributed by atoms with Gasteiger partial charge in [0, 0.05) is 12.6 Å². The Hall–Kier alpha value is -0.0800. The molecule has 0 saturated heterocycles. The summed E-state index contributed by atoms with van der Waals surface area (Å²) in [6.07, 6.45) is 13.6. The van der Waals surface area contributed by atoms with Gasteiger partial charge in [-0.1, -0.05) is 71.6 Å². The molecule has 0 fully saturated rings. The fourth-order valence-corrected chi connectivity index (χ4v) is 2.14. The van der Waals surface area contributed by atoms with Crippen LogP contribution in [0, 0.1) is 5.92 Å². The van der Waals surface area contributed by atoms with Gasteiger partial charge < -0.3 is 11.5 Å². The van der Waals surface area contributed by atoms with Crippen LogP contribution in [-0.2, 0) is 0 Å². The van der Waals surface area contributed by atoms with E-state index >= 15 is 0 Å². The fourth-order valence-electron chi connectivity index (χ4n) is 2.14. The molecule has 0 radical (unpaired) electrons. The summed E-state index contributed by atoms with van der Waals surface area (Å²) in [5.41, 5.74) is 11.2. The Morgan fingerprint density at radius 2 is 1.12 bits per heavy atom. The molecule has 0 amide bonds. The van der Waals surface area contributed by atoms with E-state index in [4.69, 9.17) is 11.5 Å². The minimum absolute atomic E-state index is 0.228. The van der Waals surface area contributed by atoms with Crippen LogP contribution in [-0.4, -0.2) is 12.6 Å². The van der Waals surface area contributed by atoms with E-state index in [1.54, 1.807) is 0 Å². The predicted molar refractivity (Wildman–Crippen MR) is 78.0 cm³/mol. The maximum Gasteiger partial charge on any atom is 0.0163 e. The molecule has 1 unspecified atom stereocenters. The van der Waals surface area contributed by atoms with E-state index in [9.17, 15) is 0 Å². The van der Waals surface area contributed by atoms with E-state index < -0.39 is 0 Å². The van der Waals surface area contributed by atoms with Crippen molar-refractivity contribution in [2.45, 2.75) is 84.1 Å². The van der Waals surface area contributed by atoms with Crippen LogP contribution in [0.1, 0.15) is 78.1 Å². The van der Waals surface area contributed by atoms with Crippen LogP contribution in [0.4, 0.5) is 0 Å². The summed E-state index contributed by atoms with van der Waals surface area (Å²) < 4.78 is 0. The molecule has 0 aromatic rings. The standard InChI is InChI=1S/C15H34N2/c1-14(2)11-9-7-5-3-4-6-8-10-12-15(17)13-16/h14-15H,3-13,16-17H2,1-2H3. The van der Waals surface area contributed by atoms with Crippen LogP contribution in [0.15, 0.2) is 0 Å². The average Bonchev–Trinajstić information content (AvgIpc) is 2.30. The smallest absolute Gasteiger partial charge is 0.0163 e. The van der Waals surface area contributed by atoms with Crippen molar-refractivity contribution in [2.75, 3.05) is 6.54 Å². The van der Waals surface area contributed by atoms with E-state index in [-0.39, 0.29) is 6.04 Å². The molecule has 4 N–H and O–H groups in total. The first-order valence-corrected chi connectivity index (χ1v) is 7.62. The summed E-state index contributed by atoms with van der Waals surface area (Å²) >= 11 is 0. The Kier molecular flexibility index (Phi) is 12.3. The second-order valence-electron chi connectivity index (χ2n) is 5.80. The number of rotatable bonds is 12. The number of hydrogen-bond donors (Lipinski definition) is 2. The largest absolute Gasteiger partial charge is 0.329 e. The quantitative estimate of drug-likeness (QED) is 0.511. The van der Waals surface area contributed by atoms with Crippen molar-refractivity contribution in [3.63, 3.8) is 0 Å². The molecule has 0 bridgehead atoms. The van der Waals surface area contributed by atoms with E-state index in [0.29, 0.717) is 6.54 Å². The number of hydrogen-bond acceptors (Lipinski definition) is 2. The van der Waals surface area contributed by atoms with Crippen LogP contribution < -0.4 is 11.5 Å². The maximum absolute atomic E-state index is 5.77. The zero-order valence-electron chi connectivity index (χ0n) is 12.1. The molecule has 0 aliphatic carbocycles. The first-order valence-electron chi connectivity index (χ1n) is 7.62. The summed E-state index contributed by atoms with van der Waals surface area (Å²) in [7, 11) is 0. The summed E-state index contributed by atoms with van der Waals surface area (Å²) in [6, 6.07) is 0.228. The predicted octanol–water partition coefficient (Wildman–Crippen LogP) is 3.83. The lowest BCUT2D eigenvalue weighted by Crippen LogP contribution is -2.29. The molecule has 0 saturated carbocycles. The monoisotopic (exact) mass is 242 g/mol. The lowest BCUT2D eigenvalue weighted by molar-refractivity contribution is 0.500. The Morgan fingerprint density at radius 1 is 0.706 bits per heavy atom. The first kappa shape index (κ1) is 16.9. The van der Waals surface area contributed by atoms with Crippen molar-refractivity contribution in [3.05, 3.63) is 0 Å². The third-order valence-electron chi connectivity index (χ3n) is 3.41. The molecule has 0 spiro atoms. The highest BCUT2D eigenvalue weighted by atomic mass is 14.7. The van der Waals surface area contributed by atoms with Gasteiger partial charge in [-0.3, -0.25) is 0 Å². The number of unbranched alkanes of at least 4 members (excludes halogenated alkanes) is 7. The molecule has 0 aliphatic heterocycles. The third kappa shape index (κ3) is 13.9. The van der Waals surface area contributed by atoms with Crippen molar-refractivity contribution in [1.82, 2.24) is 0 Å². The Bertz CT molecular complexity index is 146. The van der Waals surface area contributed by atoms with Gasteiger partial charge in [0.15, 0.2) is 0 Å². The molecule has 1 atom stereocenters. The molecule has 0 aromatic heterocycles. The van der Waals surface area contributed by atoms with E-state index in [0.717, 1.165) is 12.3 Å². The minimum atomic E-state index is 0.228. The topological polar surface area (TPSA) is 52.0 Å². The van der Waals surface area contributed by atoms with Gasteiger partial charge >= 0.3 is 0 Å². The minimum Gasteiger partial charge on any atom is -0.329 e. The molecule has 104 valence electrons. The van der Waals surface area contributed by atoms with Crippen LogP contribution >= 0.6 is 0 Å². The van der Waals surface area contributed by atoms with E-state index in [1.165, 1.54) is 57.8 Å². The fraction of sp³-hybridized carbons (Fsp3) is 1.00. The van der Waals surface area contributed by atoms with Gasteiger partial charge in [0.1, 0.15) is 0 Å². The second-order valence-corrected chi connectivity index (χ2v) is 5.80. The van der Waals surface area contributed by atoms with Gasteiger partial charge in [-0.2, -0.15) is 0 Å². The van der Waals surface area contributed by atoms with Crippen molar-refractivity contribution in [2.24, 2.45) is 17.4 Å². The average molecular weight is 242 g/mol. The van der Waals surface area contributed by atoms with Crippen LogP contribution in [0.25, 0.3) is 0 Å². The number of nitrogens with two attached hydrogens (primary N) is 2. The summed E-state index contributed by atoms with van der Waals surface area (Å²) in [4.78, 5) is 0. The van der Waals surface area contributed by atoms with Gasteiger partial charge in [-0.15, -0.1) is 0 Å². The molecule has 17 heavy (non-hydrogen) atoms. The van der Waals surface area contributed by atoms with Crippen LogP contribution in [0.5, 0.6) is 0 Å². The lowest BCUT2D eigenvalue weighted by Gasteiger charge is -2.07. The van der Waals surface area contributed by atoms with Crippen molar-refractivity contribution < 1.29 is 0 Å². The molecular weight excluding hydrogens is 208 g/mol. The molecule has 2 nitrogen and oxygen atoms in total. The zero-order valence-corrected chi connectivity index (χ0v) is 12.1. The molecule has 0 heterocycles. The highest BCUT2D eigenvalue weighted by molar-refractivity contribution is 4.61. The SMILES string of the molecule is CC(C)CCCCCCCCCCC(N)CN. The van der Waals surface area contributed by atoms with Crippen molar-refractivity contribution in [3.8, 4) is 0 Å². The second kappa shape index (κ2) is 12.4. The summed E-state index contributed by atoms with van der Waals surface area (Å²) in [5.74, 6) is 0.877. The van der Waals surface area contributed by atoms with E-state index in [1.807, 2.05) is 0 Å². The molecule has 0 aliphatic rings. The maximum atomic E-state index is 5.77. The summed E-state index contributed by atoms with van der Waals surface area (Å²) in [5, 5.41) is 0. The molecule has 0 rings (SSSR count). The van der Waals surface area contributed by atoms with Gasteiger partial charge in [-0.05, 0) is 12.3 Å².